The number of nitrogens with one attached hydrogen (secondary N) is 1. The zero-order chi connectivity index (χ0) is 15.0. The number of aromatic nitrogens is 4. The molecule has 0 saturated carbocycles. The number of rotatable bonds is 3. The normalized spacial score (nSPS) is 19.2. The highest BCUT2D eigenvalue weighted by molar-refractivity contribution is 5.85. The maximum atomic E-state index is 11.9. The fraction of sp³-hybridized carbons (Fsp3) is 0.538. The first-order chi connectivity index (χ1) is 10.1. The Morgan fingerprint density at radius 1 is 1.52 bits per heavy atom. The van der Waals surface area contributed by atoms with E-state index in [9.17, 15) is 4.79 Å². The Balaban J connectivity index is 1.87. The van der Waals surface area contributed by atoms with E-state index in [2.05, 4.69) is 25.3 Å². The molecule has 0 bridgehead atoms. The topological polar surface area (TPSA) is 102 Å². The number of nitrogens with two attached hydrogens (primary N) is 1. The summed E-state index contributed by atoms with van der Waals surface area (Å²) < 4.78 is 1.68. The summed E-state index contributed by atoms with van der Waals surface area (Å²) in [5.74, 6) is 1.10. The van der Waals surface area contributed by atoms with Crippen molar-refractivity contribution in [2.75, 3.05) is 19.3 Å². The summed E-state index contributed by atoms with van der Waals surface area (Å²) in [5.41, 5.74) is 6.68. The monoisotopic (exact) mass is 289 g/mol. The second kappa shape index (κ2) is 5.28. The molecule has 1 saturated heterocycles. The maximum Gasteiger partial charge on any atom is 0.237 e. The van der Waals surface area contributed by atoms with Gasteiger partial charge in [0.2, 0.25) is 5.91 Å². The summed E-state index contributed by atoms with van der Waals surface area (Å²) in [6.45, 7) is 1.38. The average Bonchev–Trinajstić information content (AvgIpc) is 3.06. The van der Waals surface area contributed by atoms with Gasteiger partial charge in [-0.25, -0.2) is 9.97 Å². The van der Waals surface area contributed by atoms with Gasteiger partial charge < -0.3 is 11.1 Å². The average molecular weight is 289 g/mol. The second-order valence-electron chi connectivity index (χ2n) is 5.27. The Bertz CT molecular complexity index is 680. The highest BCUT2D eigenvalue weighted by atomic mass is 16.2. The fourth-order valence-corrected chi connectivity index (χ4v) is 2.82. The fourth-order valence-electron chi connectivity index (χ4n) is 2.82. The number of anilines is 1. The molecule has 0 aromatic carbocycles. The van der Waals surface area contributed by atoms with Crippen LogP contribution in [0.5, 0.6) is 0 Å². The molecule has 1 unspecified atom stereocenters. The van der Waals surface area contributed by atoms with E-state index in [0.29, 0.717) is 23.8 Å². The van der Waals surface area contributed by atoms with Crippen LogP contribution in [0.1, 0.15) is 18.7 Å². The number of aryl methyl sites for hydroxylation is 1. The van der Waals surface area contributed by atoms with Crippen LogP contribution in [0.4, 0.5) is 5.82 Å². The molecule has 8 heteroatoms. The molecular weight excluding hydrogens is 270 g/mol. The Labute approximate surface area is 122 Å². The van der Waals surface area contributed by atoms with E-state index in [1.165, 1.54) is 0 Å². The minimum absolute atomic E-state index is 0.0436. The van der Waals surface area contributed by atoms with Crippen molar-refractivity contribution >= 4 is 22.8 Å². The molecule has 0 aliphatic carbocycles. The van der Waals surface area contributed by atoms with Crippen LogP contribution in [0.25, 0.3) is 11.0 Å². The molecule has 3 heterocycles. The molecule has 21 heavy (non-hydrogen) atoms. The molecule has 0 spiro atoms. The molecule has 2 aromatic heterocycles. The zero-order valence-electron chi connectivity index (χ0n) is 12.2. The minimum atomic E-state index is -0.109. The van der Waals surface area contributed by atoms with Crippen molar-refractivity contribution in [2.24, 2.45) is 7.05 Å². The van der Waals surface area contributed by atoms with Crippen LogP contribution in [0, 0.1) is 0 Å². The first-order valence-corrected chi connectivity index (χ1v) is 7.00. The van der Waals surface area contributed by atoms with E-state index in [1.807, 2.05) is 7.05 Å². The molecular formula is C13H19N7O. The first kappa shape index (κ1) is 13.7. The van der Waals surface area contributed by atoms with Crippen molar-refractivity contribution in [3.8, 4) is 0 Å². The van der Waals surface area contributed by atoms with Crippen molar-refractivity contribution in [2.45, 2.75) is 25.4 Å². The van der Waals surface area contributed by atoms with E-state index >= 15 is 0 Å². The van der Waals surface area contributed by atoms with Gasteiger partial charge in [0.05, 0.1) is 24.2 Å². The van der Waals surface area contributed by atoms with E-state index in [1.54, 1.807) is 17.9 Å². The van der Waals surface area contributed by atoms with Crippen LogP contribution in [-0.4, -0.2) is 50.2 Å². The van der Waals surface area contributed by atoms with Gasteiger partial charge in [0, 0.05) is 14.1 Å². The molecule has 1 aliphatic heterocycles. The van der Waals surface area contributed by atoms with Crippen molar-refractivity contribution < 1.29 is 4.79 Å². The van der Waals surface area contributed by atoms with Crippen molar-refractivity contribution in [3.05, 3.63) is 12.0 Å². The van der Waals surface area contributed by atoms with Crippen molar-refractivity contribution in [1.82, 2.24) is 30.0 Å². The van der Waals surface area contributed by atoms with Crippen LogP contribution in [-0.2, 0) is 18.4 Å². The molecule has 112 valence electrons. The van der Waals surface area contributed by atoms with Crippen LogP contribution < -0.4 is 11.1 Å². The quantitative estimate of drug-likeness (QED) is 0.801. The summed E-state index contributed by atoms with van der Waals surface area (Å²) in [7, 11) is 3.48. The molecule has 1 aliphatic rings. The van der Waals surface area contributed by atoms with Gasteiger partial charge >= 0.3 is 0 Å². The number of carbonyl (C=O) groups is 1. The zero-order valence-corrected chi connectivity index (χ0v) is 12.2. The summed E-state index contributed by atoms with van der Waals surface area (Å²) in [6.07, 6.45) is 3.53. The van der Waals surface area contributed by atoms with Gasteiger partial charge in [0.15, 0.2) is 5.65 Å². The SMILES string of the molecule is CNC(=O)C1CCCN1Cc1nc(N)c2cnn(C)c2n1. The number of likely N-dealkylation sites (N-methyl/N-ethyl adjacent to an activating group) is 1. The number of amides is 1. The second-order valence-corrected chi connectivity index (χ2v) is 5.27. The molecule has 3 rings (SSSR count). The van der Waals surface area contributed by atoms with Crippen LogP contribution in [0.15, 0.2) is 6.20 Å². The largest absolute Gasteiger partial charge is 0.383 e. The van der Waals surface area contributed by atoms with Gasteiger partial charge in [0.1, 0.15) is 11.6 Å². The van der Waals surface area contributed by atoms with Gasteiger partial charge in [-0.1, -0.05) is 0 Å². The predicted octanol–water partition coefficient (Wildman–Crippen LogP) is -0.344. The van der Waals surface area contributed by atoms with E-state index < -0.39 is 0 Å². The molecule has 0 radical (unpaired) electrons. The molecule has 1 amide bonds. The van der Waals surface area contributed by atoms with E-state index in [-0.39, 0.29) is 11.9 Å². The lowest BCUT2D eigenvalue weighted by atomic mass is 10.2. The van der Waals surface area contributed by atoms with E-state index in [0.717, 1.165) is 24.8 Å². The molecule has 8 nitrogen and oxygen atoms in total. The van der Waals surface area contributed by atoms with Gasteiger partial charge in [-0.3, -0.25) is 14.4 Å². The molecule has 1 atom stereocenters. The number of nitrogens with zero attached hydrogens (tertiary/aromatic N) is 5. The van der Waals surface area contributed by atoms with Gasteiger partial charge in [-0.2, -0.15) is 5.10 Å². The number of hydrogen-bond donors (Lipinski definition) is 2. The van der Waals surface area contributed by atoms with Crippen LogP contribution in [0.3, 0.4) is 0 Å². The number of hydrogen-bond acceptors (Lipinski definition) is 6. The smallest absolute Gasteiger partial charge is 0.237 e. The number of fused-ring (bicyclic) bond motifs is 1. The van der Waals surface area contributed by atoms with Crippen LogP contribution >= 0.6 is 0 Å². The Kier molecular flexibility index (Phi) is 3.46. The summed E-state index contributed by atoms with van der Waals surface area (Å²) in [4.78, 5) is 22.8. The van der Waals surface area contributed by atoms with Gasteiger partial charge in [-0.05, 0) is 19.4 Å². The Morgan fingerprint density at radius 2 is 2.33 bits per heavy atom. The maximum absolute atomic E-state index is 11.9. The van der Waals surface area contributed by atoms with Crippen molar-refractivity contribution in [3.63, 3.8) is 0 Å². The highest BCUT2D eigenvalue weighted by Gasteiger charge is 2.30. The van der Waals surface area contributed by atoms with E-state index in [4.69, 9.17) is 5.73 Å². The number of carbonyl (C=O) groups excluding carboxylic acids is 1. The lowest BCUT2D eigenvalue weighted by molar-refractivity contribution is -0.125. The standard InChI is InChI=1S/C13H19N7O/c1-15-13(21)9-4-3-5-20(9)7-10-17-11(14)8-6-16-19(2)12(8)18-10/h6,9H,3-5,7H2,1-2H3,(H,15,21)(H2,14,17,18). The summed E-state index contributed by atoms with van der Waals surface area (Å²) in [5, 5.41) is 7.61. The summed E-state index contributed by atoms with van der Waals surface area (Å²) in [6, 6.07) is -0.109. The van der Waals surface area contributed by atoms with Crippen molar-refractivity contribution in [1.29, 1.82) is 0 Å². The number of nitrogen functional groups attached to an aromatic ring is 1. The molecule has 3 N–H and O–H groups in total. The first-order valence-electron chi connectivity index (χ1n) is 7.00. The third-order valence-electron chi connectivity index (χ3n) is 3.93. The third-order valence-corrected chi connectivity index (χ3v) is 3.93. The lowest BCUT2D eigenvalue weighted by Gasteiger charge is -2.22. The minimum Gasteiger partial charge on any atom is -0.383 e. The van der Waals surface area contributed by atoms with Gasteiger partial charge in [0.25, 0.3) is 0 Å². The summed E-state index contributed by atoms with van der Waals surface area (Å²) >= 11 is 0. The molecule has 2 aromatic rings. The lowest BCUT2D eigenvalue weighted by Crippen LogP contribution is -2.41. The van der Waals surface area contributed by atoms with Crippen LogP contribution in [0.2, 0.25) is 0 Å². The number of likely N-dealkylation sites (tertiary alicyclic amines) is 1. The third kappa shape index (κ3) is 2.42. The van der Waals surface area contributed by atoms with Gasteiger partial charge in [-0.15, -0.1) is 0 Å². The Hall–Kier alpha value is -2.22. The Morgan fingerprint density at radius 3 is 3.10 bits per heavy atom. The predicted molar refractivity (Wildman–Crippen MR) is 78.2 cm³/mol. The molecule has 1 fully saturated rings. The highest BCUT2D eigenvalue weighted by Crippen LogP contribution is 2.21.